The summed E-state index contributed by atoms with van der Waals surface area (Å²) >= 11 is 0. The van der Waals surface area contributed by atoms with Gasteiger partial charge in [-0.2, -0.15) is 0 Å². The van der Waals surface area contributed by atoms with E-state index in [1.165, 1.54) is 0 Å². The van der Waals surface area contributed by atoms with Gasteiger partial charge in [-0.3, -0.25) is 9.59 Å². The fourth-order valence-corrected chi connectivity index (χ4v) is 1.96. The number of benzene rings is 1. The van der Waals surface area contributed by atoms with Crippen molar-refractivity contribution in [1.82, 2.24) is 0 Å². The number of carbonyl (C=O) groups excluding carboxylic acids is 2. The number of carbonyl (C=O) groups is 2. The lowest BCUT2D eigenvalue weighted by Crippen LogP contribution is -2.22. The second kappa shape index (κ2) is 8.42. The molecule has 0 radical (unpaired) electrons. The first-order valence-corrected chi connectivity index (χ1v) is 7.40. The van der Waals surface area contributed by atoms with Crippen molar-refractivity contribution in [3.05, 3.63) is 23.8 Å². The summed E-state index contributed by atoms with van der Waals surface area (Å²) < 4.78 is 0. The Morgan fingerprint density at radius 2 is 1.86 bits per heavy atom. The van der Waals surface area contributed by atoms with Gasteiger partial charge in [-0.1, -0.05) is 19.9 Å². The van der Waals surface area contributed by atoms with Crippen molar-refractivity contribution < 1.29 is 9.59 Å². The van der Waals surface area contributed by atoms with Crippen LogP contribution in [0.15, 0.2) is 18.2 Å². The third-order valence-corrected chi connectivity index (χ3v) is 3.48. The molecule has 0 heterocycles. The highest BCUT2D eigenvalue weighted by Gasteiger charge is 2.14. The molecule has 21 heavy (non-hydrogen) atoms. The van der Waals surface area contributed by atoms with Crippen molar-refractivity contribution in [3.8, 4) is 0 Å². The molecular weight excluding hydrogens is 266 g/mol. The SMILES string of the molecule is CCC(=O)Nc1cccc(NC(=O)C(C)CCCN)c1C. The predicted molar refractivity (Wildman–Crippen MR) is 86.2 cm³/mol. The van der Waals surface area contributed by atoms with Gasteiger partial charge in [0.1, 0.15) is 0 Å². The van der Waals surface area contributed by atoms with Crippen LogP contribution in [0, 0.1) is 12.8 Å². The lowest BCUT2D eigenvalue weighted by atomic mass is 10.0. The number of nitrogens with one attached hydrogen (secondary N) is 2. The second-order valence-electron chi connectivity index (χ2n) is 5.20. The van der Waals surface area contributed by atoms with Gasteiger partial charge < -0.3 is 16.4 Å². The molecule has 1 unspecified atom stereocenters. The monoisotopic (exact) mass is 291 g/mol. The summed E-state index contributed by atoms with van der Waals surface area (Å²) in [4.78, 5) is 23.6. The molecule has 0 spiro atoms. The number of hydrogen-bond acceptors (Lipinski definition) is 3. The summed E-state index contributed by atoms with van der Waals surface area (Å²) in [6.45, 7) is 6.17. The highest BCUT2D eigenvalue weighted by molar-refractivity contribution is 5.96. The molecule has 1 aromatic rings. The molecule has 0 fully saturated rings. The van der Waals surface area contributed by atoms with Crippen molar-refractivity contribution in [2.24, 2.45) is 11.7 Å². The van der Waals surface area contributed by atoms with Crippen LogP contribution in [0.3, 0.4) is 0 Å². The van der Waals surface area contributed by atoms with Crippen LogP contribution in [0.1, 0.15) is 38.7 Å². The third-order valence-electron chi connectivity index (χ3n) is 3.48. The van der Waals surface area contributed by atoms with Gasteiger partial charge in [-0.05, 0) is 44.0 Å². The maximum Gasteiger partial charge on any atom is 0.227 e. The van der Waals surface area contributed by atoms with E-state index in [9.17, 15) is 9.59 Å². The molecule has 1 aromatic carbocycles. The first-order valence-electron chi connectivity index (χ1n) is 7.40. The molecule has 0 aliphatic carbocycles. The van der Waals surface area contributed by atoms with Crippen LogP contribution in [0.5, 0.6) is 0 Å². The normalized spacial score (nSPS) is 11.8. The van der Waals surface area contributed by atoms with E-state index in [0.29, 0.717) is 13.0 Å². The zero-order valence-corrected chi connectivity index (χ0v) is 13.0. The second-order valence-corrected chi connectivity index (χ2v) is 5.20. The number of anilines is 2. The van der Waals surface area contributed by atoms with E-state index in [4.69, 9.17) is 5.73 Å². The average molecular weight is 291 g/mol. The fraction of sp³-hybridized carbons (Fsp3) is 0.500. The first-order chi connectivity index (χ1) is 9.99. The van der Waals surface area contributed by atoms with Crippen LogP contribution < -0.4 is 16.4 Å². The Balaban J connectivity index is 2.77. The zero-order chi connectivity index (χ0) is 15.8. The Hall–Kier alpha value is -1.88. The van der Waals surface area contributed by atoms with E-state index < -0.39 is 0 Å². The van der Waals surface area contributed by atoms with Gasteiger partial charge >= 0.3 is 0 Å². The molecule has 0 saturated heterocycles. The van der Waals surface area contributed by atoms with Crippen molar-refractivity contribution >= 4 is 23.2 Å². The van der Waals surface area contributed by atoms with E-state index in [-0.39, 0.29) is 17.7 Å². The molecule has 5 heteroatoms. The molecule has 116 valence electrons. The van der Waals surface area contributed by atoms with Crippen molar-refractivity contribution in [1.29, 1.82) is 0 Å². The van der Waals surface area contributed by atoms with Crippen LogP contribution in [0.25, 0.3) is 0 Å². The number of amides is 2. The maximum atomic E-state index is 12.1. The summed E-state index contributed by atoms with van der Waals surface area (Å²) in [5.74, 6) is -0.148. The van der Waals surface area contributed by atoms with Gasteiger partial charge in [-0.25, -0.2) is 0 Å². The maximum absolute atomic E-state index is 12.1. The lowest BCUT2D eigenvalue weighted by Gasteiger charge is -2.16. The number of rotatable bonds is 7. The van der Waals surface area contributed by atoms with E-state index in [1.54, 1.807) is 6.92 Å². The number of nitrogens with two attached hydrogens (primary N) is 1. The Morgan fingerprint density at radius 1 is 1.24 bits per heavy atom. The zero-order valence-electron chi connectivity index (χ0n) is 13.0. The Bertz CT molecular complexity index is 500. The lowest BCUT2D eigenvalue weighted by molar-refractivity contribution is -0.119. The Labute approximate surface area is 126 Å². The molecule has 0 aliphatic heterocycles. The summed E-state index contributed by atoms with van der Waals surface area (Å²) in [5, 5.41) is 5.75. The molecule has 0 aromatic heterocycles. The minimum atomic E-state index is -0.0816. The summed E-state index contributed by atoms with van der Waals surface area (Å²) in [6, 6.07) is 5.49. The highest BCUT2D eigenvalue weighted by Crippen LogP contribution is 2.24. The van der Waals surface area contributed by atoms with E-state index in [0.717, 1.165) is 29.8 Å². The topological polar surface area (TPSA) is 84.2 Å². The molecule has 0 bridgehead atoms. The standard InChI is InChI=1S/C16H25N3O2/c1-4-15(20)18-13-8-5-9-14(12(13)3)19-16(21)11(2)7-6-10-17/h5,8-9,11H,4,6-7,10,17H2,1-3H3,(H,18,20)(H,19,21). The van der Waals surface area contributed by atoms with Crippen molar-refractivity contribution in [2.75, 3.05) is 17.2 Å². The molecule has 0 aliphatic rings. The van der Waals surface area contributed by atoms with E-state index in [2.05, 4.69) is 10.6 Å². The van der Waals surface area contributed by atoms with Crippen LogP contribution in [0.4, 0.5) is 11.4 Å². The highest BCUT2D eigenvalue weighted by atomic mass is 16.2. The van der Waals surface area contributed by atoms with Crippen LogP contribution in [0.2, 0.25) is 0 Å². The smallest absolute Gasteiger partial charge is 0.227 e. The summed E-state index contributed by atoms with van der Waals surface area (Å²) in [6.07, 6.45) is 2.03. The van der Waals surface area contributed by atoms with Gasteiger partial charge in [0, 0.05) is 23.7 Å². The largest absolute Gasteiger partial charge is 0.330 e. The molecule has 2 amide bonds. The van der Waals surface area contributed by atoms with Crippen molar-refractivity contribution in [2.45, 2.75) is 40.0 Å². The van der Waals surface area contributed by atoms with Crippen LogP contribution in [-0.2, 0) is 9.59 Å². The van der Waals surface area contributed by atoms with E-state index >= 15 is 0 Å². The van der Waals surface area contributed by atoms with E-state index in [1.807, 2.05) is 32.0 Å². The average Bonchev–Trinajstić information content (AvgIpc) is 2.48. The molecule has 1 rings (SSSR count). The minimum Gasteiger partial charge on any atom is -0.330 e. The molecule has 5 nitrogen and oxygen atoms in total. The summed E-state index contributed by atoms with van der Waals surface area (Å²) in [7, 11) is 0. The Morgan fingerprint density at radius 3 is 2.43 bits per heavy atom. The van der Waals surface area contributed by atoms with Gasteiger partial charge in [0.05, 0.1) is 0 Å². The molecular formula is C16H25N3O2. The molecule has 0 saturated carbocycles. The minimum absolute atomic E-state index is 0.0227. The van der Waals surface area contributed by atoms with Gasteiger partial charge in [0.25, 0.3) is 0 Å². The van der Waals surface area contributed by atoms with Crippen molar-refractivity contribution in [3.63, 3.8) is 0 Å². The quantitative estimate of drug-likeness (QED) is 0.722. The summed E-state index contributed by atoms with van der Waals surface area (Å²) in [5.41, 5.74) is 7.78. The van der Waals surface area contributed by atoms with Crippen LogP contribution >= 0.6 is 0 Å². The van der Waals surface area contributed by atoms with Gasteiger partial charge in [0.2, 0.25) is 11.8 Å². The van der Waals surface area contributed by atoms with Crippen LogP contribution in [-0.4, -0.2) is 18.4 Å². The predicted octanol–water partition coefficient (Wildman–Crippen LogP) is 2.66. The van der Waals surface area contributed by atoms with Gasteiger partial charge in [-0.15, -0.1) is 0 Å². The third kappa shape index (κ3) is 5.19. The molecule has 1 atom stereocenters. The Kier molecular flexibility index (Phi) is 6.88. The molecule has 4 N–H and O–H groups in total. The fourth-order valence-electron chi connectivity index (χ4n) is 1.96. The first kappa shape index (κ1) is 17.2. The van der Waals surface area contributed by atoms with Gasteiger partial charge in [0.15, 0.2) is 0 Å². The number of hydrogen-bond donors (Lipinski definition) is 3.